The van der Waals surface area contributed by atoms with Crippen molar-refractivity contribution < 1.29 is 9.53 Å². The maximum Gasteiger partial charge on any atom is 0.248 e. The SMILES string of the molecule is CC(N)c1ccc(Oc2ccc(C(N)=O)cc2)c(Br)c1. The number of hydrogen-bond acceptors (Lipinski definition) is 3. The summed E-state index contributed by atoms with van der Waals surface area (Å²) in [5, 5.41) is 0. The second kappa shape index (κ2) is 6.07. The van der Waals surface area contributed by atoms with E-state index in [1.807, 2.05) is 25.1 Å². The Morgan fingerprint density at radius 3 is 2.35 bits per heavy atom. The molecule has 104 valence electrons. The van der Waals surface area contributed by atoms with Crippen LogP contribution in [-0.4, -0.2) is 5.91 Å². The van der Waals surface area contributed by atoms with Gasteiger partial charge in [-0.15, -0.1) is 0 Å². The van der Waals surface area contributed by atoms with Gasteiger partial charge < -0.3 is 16.2 Å². The van der Waals surface area contributed by atoms with Crippen molar-refractivity contribution in [1.82, 2.24) is 0 Å². The van der Waals surface area contributed by atoms with Gasteiger partial charge in [0.1, 0.15) is 11.5 Å². The number of ether oxygens (including phenoxy) is 1. The number of benzene rings is 2. The molecule has 4 N–H and O–H groups in total. The van der Waals surface area contributed by atoms with Crippen molar-refractivity contribution in [3.05, 3.63) is 58.1 Å². The van der Waals surface area contributed by atoms with Crippen molar-refractivity contribution in [2.75, 3.05) is 0 Å². The molecule has 0 aliphatic carbocycles. The van der Waals surface area contributed by atoms with Crippen molar-refractivity contribution in [3.8, 4) is 11.5 Å². The molecule has 0 fully saturated rings. The van der Waals surface area contributed by atoms with Gasteiger partial charge in [0, 0.05) is 11.6 Å². The minimum atomic E-state index is -0.459. The smallest absolute Gasteiger partial charge is 0.248 e. The van der Waals surface area contributed by atoms with Crippen LogP contribution in [0.4, 0.5) is 0 Å². The Hall–Kier alpha value is -1.85. The lowest BCUT2D eigenvalue weighted by molar-refractivity contribution is 0.100. The van der Waals surface area contributed by atoms with E-state index in [9.17, 15) is 4.79 Å². The van der Waals surface area contributed by atoms with Gasteiger partial charge in [0.15, 0.2) is 0 Å². The van der Waals surface area contributed by atoms with Gasteiger partial charge in [0.25, 0.3) is 0 Å². The Morgan fingerprint density at radius 1 is 1.20 bits per heavy atom. The van der Waals surface area contributed by atoms with Crippen molar-refractivity contribution in [1.29, 1.82) is 0 Å². The summed E-state index contributed by atoms with van der Waals surface area (Å²) in [5.41, 5.74) is 12.5. The van der Waals surface area contributed by atoms with Crippen LogP contribution in [0.5, 0.6) is 11.5 Å². The minimum absolute atomic E-state index is 0.0322. The third-order valence-corrected chi connectivity index (χ3v) is 3.47. The van der Waals surface area contributed by atoms with Crippen LogP contribution in [0.2, 0.25) is 0 Å². The van der Waals surface area contributed by atoms with Gasteiger partial charge in [-0.1, -0.05) is 6.07 Å². The number of hydrogen-bond donors (Lipinski definition) is 2. The third-order valence-electron chi connectivity index (χ3n) is 2.85. The molecule has 1 amide bonds. The lowest BCUT2D eigenvalue weighted by Gasteiger charge is -2.11. The molecule has 0 saturated carbocycles. The number of primary amides is 1. The van der Waals surface area contributed by atoms with E-state index < -0.39 is 5.91 Å². The average molecular weight is 335 g/mol. The van der Waals surface area contributed by atoms with Gasteiger partial charge >= 0.3 is 0 Å². The molecule has 0 aliphatic rings. The molecule has 0 aromatic heterocycles. The Labute approximate surface area is 125 Å². The first-order valence-corrected chi connectivity index (χ1v) is 6.89. The molecule has 20 heavy (non-hydrogen) atoms. The van der Waals surface area contributed by atoms with Crippen LogP contribution < -0.4 is 16.2 Å². The largest absolute Gasteiger partial charge is 0.456 e. The van der Waals surface area contributed by atoms with Crippen LogP contribution in [0.3, 0.4) is 0 Å². The first kappa shape index (κ1) is 14.6. The van der Waals surface area contributed by atoms with E-state index in [4.69, 9.17) is 16.2 Å². The zero-order valence-electron chi connectivity index (χ0n) is 11.0. The highest BCUT2D eigenvalue weighted by atomic mass is 79.9. The summed E-state index contributed by atoms with van der Waals surface area (Å²) < 4.78 is 6.56. The van der Waals surface area contributed by atoms with Crippen LogP contribution in [-0.2, 0) is 0 Å². The Bertz CT molecular complexity index is 624. The second-order valence-electron chi connectivity index (χ2n) is 4.47. The van der Waals surface area contributed by atoms with Crippen LogP contribution >= 0.6 is 15.9 Å². The highest BCUT2D eigenvalue weighted by molar-refractivity contribution is 9.10. The number of rotatable bonds is 4. The highest BCUT2D eigenvalue weighted by Gasteiger charge is 2.07. The molecule has 2 aromatic rings. The molecule has 1 atom stereocenters. The normalized spacial score (nSPS) is 11.9. The number of amides is 1. The van der Waals surface area contributed by atoms with Crippen molar-refractivity contribution >= 4 is 21.8 Å². The standard InChI is InChI=1S/C15H15BrN2O2/c1-9(17)11-4-7-14(13(16)8-11)20-12-5-2-10(3-6-12)15(18)19/h2-9H,17H2,1H3,(H2,18,19). The summed E-state index contributed by atoms with van der Waals surface area (Å²) in [5.74, 6) is 0.851. The fraction of sp³-hybridized carbons (Fsp3) is 0.133. The first-order valence-electron chi connectivity index (χ1n) is 6.10. The summed E-state index contributed by atoms with van der Waals surface area (Å²) in [6.45, 7) is 1.92. The van der Waals surface area contributed by atoms with E-state index in [2.05, 4.69) is 15.9 Å². The van der Waals surface area contributed by atoms with E-state index >= 15 is 0 Å². The Balaban J connectivity index is 2.19. The summed E-state index contributed by atoms with van der Waals surface area (Å²) in [6, 6.07) is 12.3. The van der Waals surface area contributed by atoms with Crippen molar-refractivity contribution in [2.45, 2.75) is 13.0 Å². The molecule has 0 radical (unpaired) electrons. The van der Waals surface area contributed by atoms with Crippen LogP contribution in [0.1, 0.15) is 28.9 Å². The second-order valence-corrected chi connectivity index (χ2v) is 5.32. The maximum atomic E-state index is 11.0. The Kier molecular flexibility index (Phi) is 4.42. The number of carbonyl (C=O) groups excluding carboxylic acids is 1. The predicted molar refractivity (Wildman–Crippen MR) is 81.8 cm³/mol. The van der Waals surface area contributed by atoms with Gasteiger partial charge in [-0.3, -0.25) is 4.79 Å². The van der Waals surface area contributed by atoms with Gasteiger partial charge in [-0.25, -0.2) is 0 Å². The molecule has 0 bridgehead atoms. The molecule has 2 rings (SSSR count). The van der Waals surface area contributed by atoms with Crippen molar-refractivity contribution in [3.63, 3.8) is 0 Å². The number of nitrogens with two attached hydrogens (primary N) is 2. The summed E-state index contributed by atoms with van der Waals surface area (Å²) in [6.07, 6.45) is 0. The van der Waals surface area contributed by atoms with Crippen LogP contribution in [0.25, 0.3) is 0 Å². The molecular formula is C15H15BrN2O2. The van der Waals surface area contributed by atoms with E-state index in [0.29, 0.717) is 17.1 Å². The molecular weight excluding hydrogens is 320 g/mol. The number of carbonyl (C=O) groups is 1. The molecule has 2 aromatic carbocycles. The van der Waals surface area contributed by atoms with Crippen LogP contribution in [0.15, 0.2) is 46.9 Å². The molecule has 0 spiro atoms. The highest BCUT2D eigenvalue weighted by Crippen LogP contribution is 2.31. The van der Waals surface area contributed by atoms with Crippen LogP contribution in [0, 0.1) is 0 Å². The van der Waals surface area contributed by atoms with E-state index in [1.54, 1.807) is 24.3 Å². The lowest BCUT2D eigenvalue weighted by Crippen LogP contribution is -2.10. The monoisotopic (exact) mass is 334 g/mol. The lowest BCUT2D eigenvalue weighted by atomic mass is 10.1. The molecule has 5 heteroatoms. The summed E-state index contributed by atoms with van der Waals surface area (Å²) >= 11 is 3.46. The van der Waals surface area contributed by atoms with Gasteiger partial charge in [-0.2, -0.15) is 0 Å². The summed E-state index contributed by atoms with van der Waals surface area (Å²) in [7, 11) is 0. The predicted octanol–water partition coefficient (Wildman–Crippen LogP) is 3.36. The molecule has 1 unspecified atom stereocenters. The molecule has 0 aliphatic heterocycles. The van der Waals surface area contributed by atoms with E-state index in [0.717, 1.165) is 10.0 Å². The van der Waals surface area contributed by atoms with Gasteiger partial charge in [0.2, 0.25) is 5.91 Å². The maximum absolute atomic E-state index is 11.0. The average Bonchev–Trinajstić information content (AvgIpc) is 2.41. The molecule has 0 heterocycles. The topological polar surface area (TPSA) is 78.3 Å². The zero-order chi connectivity index (χ0) is 14.7. The van der Waals surface area contributed by atoms with E-state index in [1.165, 1.54) is 0 Å². The van der Waals surface area contributed by atoms with E-state index in [-0.39, 0.29) is 6.04 Å². The quantitative estimate of drug-likeness (QED) is 0.899. The first-order chi connectivity index (χ1) is 9.47. The minimum Gasteiger partial charge on any atom is -0.456 e. The van der Waals surface area contributed by atoms with Crippen molar-refractivity contribution in [2.24, 2.45) is 11.5 Å². The fourth-order valence-corrected chi connectivity index (χ4v) is 2.17. The summed E-state index contributed by atoms with van der Waals surface area (Å²) in [4.78, 5) is 11.0. The fourth-order valence-electron chi connectivity index (χ4n) is 1.70. The molecule has 4 nitrogen and oxygen atoms in total. The molecule has 0 saturated heterocycles. The number of halogens is 1. The third kappa shape index (κ3) is 3.37. The zero-order valence-corrected chi connectivity index (χ0v) is 12.6. The van der Waals surface area contributed by atoms with Gasteiger partial charge in [-0.05, 0) is 64.8 Å². The van der Waals surface area contributed by atoms with Gasteiger partial charge in [0.05, 0.1) is 4.47 Å². The Morgan fingerprint density at radius 2 is 1.85 bits per heavy atom.